The number of amides is 1. The van der Waals surface area contributed by atoms with Gasteiger partial charge in [0.2, 0.25) is 0 Å². The normalized spacial score (nSPS) is 10.4. The van der Waals surface area contributed by atoms with Crippen LogP contribution in [-0.4, -0.2) is 10.9 Å². The number of pyridine rings is 1. The minimum Gasteiger partial charge on any atom is -0.322 e. The summed E-state index contributed by atoms with van der Waals surface area (Å²) < 4.78 is 13.2. The molecule has 20 heavy (non-hydrogen) atoms. The SMILES string of the molecule is O=C(Nc1ccccc1)c1cnc2ccc(F)cc2c1. The lowest BCUT2D eigenvalue weighted by Crippen LogP contribution is -2.12. The van der Waals surface area contributed by atoms with Crippen molar-refractivity contribution < 1.29 is 9.18 Å². The van der Waals surface area contributed by atoms with Gasteiger partial charge in [-0.25, -0.2) is 4.39 Å². The van der Waals surface area contributed by atoms with Gasteiger partial charge in [0.25, 0.3) is 5.91 Å². The number of rotatable bonds is 2. The van der Waals surface area contributed by atoms with Crippen LogP contribution >= 0.6 is 0 Å². The van der Waals surface area contributed by atoms with E-state index in [0.29, 0.717) is 22.2 Å². The van der Waals surface area contributed by atoms with E-state index in [1.165, 1.54) is 18.3 Å². The number of para-hydroxylation sites is 1. The number of fused-ring (bicyclic) bond motifs is 1. The van der Waals surface area contributed by atoms with Gasteiger partial charge in [0.1, 0.15) is 5.82 Å². The molecule has 0 saturated heterocycles. The topological polar surface area (TPSA) is 42.0 Å². The molecule has 3 nitrogen and oxygen atoms in total. The molecule has 0 radical (unpaired) electrons. The standard InChI is InChI=1S/C16H11FN2O/c17-13-6-7-15-11(9-13)8-12(10-18-15)16(20)19-14-4-2-1-3-5-14/h1-10H,(H,19,20). The first-order valence-electron chi connectivity index (χ1n) is 6.14. The van der Waals surface area contributed by atoms with Gasteiger partial charge < -0.3 is 5.32 Å². The number of carbonyl (C=O) groups excluding carboxylic acids is 1. The van der Waals surface area contributed by atoms with Crippen LogP contribution in [0.2, 0.25) is 0 Å². The van der Waals surface area contributed by atoms with E-state index in [1.54, 1.807) is 24.3 Å². The molecule has 0 aliphatic carbocycles. The van der Waals surface area contributed by atoms with Crippen LogP contribution < -0.4 is 5.32 Å². The van der Waals surface area contributed by atoms with Crippen LogP contribution in [0.3, 0.4) is 0 Å². The van der Waals surface area contributed by atoms with Crippen LogP contribution in [0, 0.1) is 5.82 Å². The van der Waals surface area contributed by atoms with Gasteiger partial charge in [-0.1, -0.05) is 18.2 Å². The van der Waals surface area contributed by atoms with Gasteiger partial charge in [0.15, 0.2) is 0 Å². The summed E-state index contributed by atoms with van der Waals surface area (Å²) in [7, 11) is 0. The fraction of sp³-hybridized carbons (Fsp3) is 0. The van der Waals surface area contributed by atoms with Crippen molar-refractivity contribution in [3.8, 4) is 0 Å². The minimum atomic E-state index is -0.347. The van der Waals surface area contributed by atoms with Crippen molar-refractivity contribution in [2.45, 2.75) is 0 Å². The fourth-order valence-electron chi connectivity index (χ4n) is 1.95. The number of halogens is 1. The second-order valence-corrected chi connectivity index (χ2v) is 4.38. The fourth-order valence-corrected chi connectivity index (χ4v) is 1.95. The number of hydrogen-bond donors (Lipinski definition) is 1. The Morgan fingerprint density at radius 1 is 1.05 bits per heavy atom. The molecule has 98 valence electrons. The van der Waals surface area contributed by atoms with E-state index in [0.717, 1.165) is 0 Å². The second-order valence-electron chi connectivity index (χ2n) is 4.38. The first-order valence-corrected chi connectivity index (χ1v) is 6.14. The van der Waals surface area contributed by atoms with Gasteiger partial charge in [0.05, 0.1) is 11.1 Å². The summed E-state index contributed by atoms with van der Waals surface area (Å²) >= 11 is 0. The van der Waals surface area contributed by atoms with Crippen LogP contribution in [0.5, 0.6) is 0 Å². The number of aromatic nitrogens is 1. The Morgan fingerprint density at radius 2 is 1.85 bits per heavy atom. The molecule has 0 bridgehead atoms. The number of nitrogens with zero attached hydrogens (tertiary/aromatic N) is 1. The lowest BCUT2D eigenvalue weighted by atomic mass is 10.1. The van der Waals surface area contributed by atoms with Crippen LogP contribution in [0.15, 0.2) is 60.8 Å². The van der Waals surface area contributed by atoms with E-state index in [1.807, 2.05) is 18.2 Å². The molecule has 0 unspecified atom stereocenters. The van der Waals surface area contributed by atoms with Gasteiger partial charge in [-0.05, 0) is 36.4 Å². The maximum atomic E-state index is 13.2. The average Bonchev–Trinajstić information content (AvgIpc) is 2.47. The summed E-state index contributed by atoms with van der Waals surface area (Å²) in [6, 6.07) is 15.1. The number of nitrogens with one attached hydrogen (secondary N) is 1. The predicted molar refractivity (Wildman–Crippen MR) is 76.1 cm³/mol. The average molecular weight is 266 g/mol. The Kier molecular flexibility index (Phi) is 3.13. The third-order valence-electron chi connectivity index (χ3n) is 2.94. The maximum absolute atomic E-state index is 13.2. The third kappa shape index (κ3) is 2.49. The van der Waals surface area contributed by atoms with E-state index in [4.69, 9.17) is 0 Å². The summed E-state index contributed by atoms with van der Waals surface area (Å²) in [6.07, 6.45) is 1.48. The molecule has 1 amide bonds. The summed E-state index contributed by atoms with van der Waals surface area (Å²) in [6.45, 7) is 0. The van der Waals surface area contributed by atoms with E-state index in [9.17, 15) is 9.18 Å². The smallest absolute Gasteiger partial charge is 0.257 e. The molecule has 0 spiro atoms. The van der Waals surface area contributed by atoms with Crippen molar-refractivity contribution >= 4 is 22.5 Å². The quantitative estimate of drug-likeness (QED) is 0.769. The van der Waals surface area contributed by atoms with Gasteiger partial charge in [-0.15, -0.1) is 0 Å². The van der Waals surface area contributed by atoms with Crippen molar-refractivity contribution in [1.29, 1.82) is 0 Å². The monoisotopic (exact) mass is 266 g/mol. The molecule has 0 saturated carbocycles. The molecule has 0 aliphatic heterocycles. The minimum absolute atomic E-state index is 0.269. The Bertz CT molecular complexity index is 772. The lowest BCUT2D eigenvalue weighted by molar-refractivity contribution is 0.102. The molecule has 2 aromatic carbocycles. The zero-order chi connectivity index (χ0) is 13.9. The highest BCUT2D eigenvalue weighted by molar-refractivity contribution is 6.05. The molecule has 3 aromatic rings. The Morgan fingerprint density at radius 3 is 2.65 bits per heavy atom. The Labute approximate surface area is 115 Å². The molecule has 3 rings (SSSR count). The Balaban J connectivity index is 1.91. The summed E-state index contributed by atoms with van der Waals surface area (Å²) in [4.78, 5) is 16.3. The van der Waals surface area contributed by atoms with Crippen molar-refractivity contribution in [3.05, 3.63) is 72.2 Å². The second kappa shape index (κ2) is 5.09. The van der Waals surface area contributed by atoms with Gasteiger partial charge in [0, 0.05) is 17.3 Å². The zero-order valence-electron chi connectivity index (χ0n) is 10.5. The van der Waals surface area contributed by atoms with Crippen molar-refractivity contribution in [3.63, 3.8) is 0 Å². The first kappa shape index (κ1) is 12.3. The molecule has 1 heterocycles. The highest BCUT2D eigenvalue weighted by Crippen LogP contribution is 2.16. The number of carbonyl (C=O) groups is 1. The van der Waals surface area contributed by atoms with Crippen LogP contribution in [0.25, 0.3) is 10.9 Å². The molecule has 0 aliphatic rings. The van der Waals surface area contributed by atoms with Crippen LogP contribution in [-0.2, 0) is 0 Å². The largest absolute Gasteiger partial charge is 0.322 e. The van der Waals surface area contributed by atoms with Gasteiger partial charge >= 0.3 is 0 Å². The van der Waals surface area contributed by atoms with Crippen molar-refractivity contribution in [2.75, 3.05) is 5.32 Å². The summed E-state index contributed by atoms with van der Waals surface area (Å²) in [5, 5.41) is 3.37. The highest BCUT2D eigenvalue weighted by Gasteiger charge is 2.08. The highest BCUT2D eigenvalue weighted by atomic mass is 19.1. The van der Waals surface area contributed by atoms with E-state index >= 15 is 0 Å². The van der Waals surface area contributed by atoms with E-state index < -0.39 is 0 Å². The first-order chi connectivity index (χ1) is 9.72. The van der Waals surface area contributed by atoms with Crippen LogP contribution in [0.1, 0.15) is 10.4 Å². The number of hydrogen-bond acceptors (Lipinski definition) is 2. The van der Waals surface area contributed by atoms with Gasteiger partial charge in [-0.3, -0.25) is 9.78 Å². The summed E-state index contributed by atoms with van der Waals surface area (Å²) in [5.74, 6) is -0.616. The number of benzene rings is 2. The molecule has 0 atom stereocenters. The molecular weight excluding hydrogens is 255 g/mol. The van der Waals surface area contributed by atoms with E-state index in [-0.39, 0.29) is 11.7 Å². The molecule has 1 aromatic heterocycles. The summed E-state index contributed by atoms with van der Waals surface area (Å²) in [5.41, 5.74) is 1.76. The third-order valence-corrected chi connectivity index (χ3v) is 2.94. The number of anilines is 1. The maximum Gasteiger partial charge on any atom is 0.257 e. The molecular formula is C16H11FN2O. The van der Waals surface area contributed by atoms with Gasteiger partial charge in [-0.2, -0.15) is 0 Å². The molecule has 4 heteroatoms. The molecule has 1 N–H and O–H groups in total. The van der Waals surface area contributed by atoms with E-state index in [2.05, 4.69) is 10.3 Å². The lowest BCUT2D eigenvalue weighted by Gasteiger charge is -2.05. The zero-order valence-corrected chi connectivity index (χ0v) is 10.5. The Hall–Kier alpha value is -2.75. The van der Waals surface area contributed by atoms with Crippen molar-refractivity contribution in [2.24, 2.45) is 0 Å². The predicted octanol–water partition coefficient (Wildman–Crippen LogP) is 3.63. The van der Waals surface area contributed by atoms with Crippen molar-refractivity contribution in [1.82, 2.24) is 4.98 Å². The molecule has 0 fully saturated rings. The van der Waals surface area contributed by atoms with Crippen LogP contribution in [0.4, 0.5) is 10.1 Å².